The molecule has 26 heavy (non-hydrogen) atoms. The van der Waals surface area contributed by atoms with Gasteiger partial charge in [-0.1, -0.05) is 48.6 Å². The van der Waals surface area contributed by atoms with Crippen LogP contribution >= 0.6 is 0 Å². The molecule has 0 fully saturated rings. The maximum atomic E-state index is 10.4. The van der Waals surface area contributed by atoms with Gasteiger partial charge in [0.1, 0.15) is 5.75 Å². The first kappa shape index (κ1) is 19.7. The van der Waals surface area contributed by atoms with Gasteiger partial charge in [-0.25, -0.2) is 0 Å². The molecule has 2 rings (SSSR count). The summed E-state index contributed by atoms with van der Waals surface area (Å²) in [7, 11) is 0. The highest BCUT2D eigenvalue weighted by Crippen LogP contribution is 2.20. The molecule has 0 saturated heterocycles. The van der Waals surface area contributed by atoms with Gasteiger partial charge in [-0.3, -0.25) is 4.79 Å². The van der Waals surface area contributed by atoms with E-state index in [9.17, 15) is 4.79 Å². The van der Waals surface area contributed by atoms with Crippen LogP contribution in [0.2, 0.25) is 0 Å². The topological polar surface area (TPSA) is 58.6 Å². The van der Waals surface area contributed by atoms with Gasteiger partial charge in [-0.05, 0) is 48.6 Å². The van der Waals surface area contributed by atoms with E-state index in [0.717, 1.165) is 29.7 Å². The Morgan fingerprint density at radius 3 is 2.73 bits per heavy atom. The van der Waals surface area contributed by atoms with Crippen molar-refractivity contribution in [2.75, 3.05) is 19.7 Å². The smallest absolute Gasteiger partial charge is 0.304 e. The highest BCUT2D eigenvalue weighted by atomic mass is 16.5. The van der Waals surface area contributed by atoms with E-state index in [1.165, 1.54) is 5.56 Å². The Morgan fingerprint density at radius 1 is 1.19 bits per heavy atom. The Kier molecular flexibility index (Phi) is 8.43. The van der Waals surface area contributed by atoms with E-state index in [4.69, 9.17) is 9.84 Å². The number of rotatable bonds is 11. The van der Waals surface area contributed by atoms with E-state index in [2.05, 4.69) is 42.6 Å². The lowest BCUT2D eigenvalue weighted by Gasteiger charge is -2.10. The number of nitrogens with one attached hydrogen (secondary N) is 1. The average Bonchev–Trinajstić information content (AvgIpc) is 2.63. The molecule has 0 heterocycles. The van der Waals surface area contributed by atoms with Crippen LogP contribution in [0.15, 0.2) is 54.6 Å². The predicted molar refractivity (Wildman–Crippen MR) is 106 cm³/mol. The standard InChI is InChI=1S/C22H27NO3/c1-18-17-20(9-5-14-23-15-13-22(24)25)11-12-21(18)26-16-6-10-19-7-3-2-4-8-19/h2-5,7-9,11-12,17,23H,6,10,13-16H2,1H3,(H,24,25)/b9-5+. The minimum atomic E-state index is -0.781. The molecular formula is C22H27NO3. The van der Waals surface area contributed by atoms with Crippen LogP contribution in [0, 0.1) is 6.92 Å². The molecule has 0 bridgehead atoms. The summed E-state index contributed by atoms with van der Waals surface area (Å²) >= 11 is 0. The normalized spacial score (nSPS) is 11.0. The van der Waals surface area contributed by atoms with Gasteiger partial charge in [-0.15, -0.1) is 0 Å². The fourth-order valence-electron chi connectivity index (χ4n) is 2.62. The first-order valence-corrected chi connectivity index (χ1v) is 9.01. The summed E-state index contributed by atoms with van der Waals surface area (Å²) in [5.41, 5.74) is 3.56. The van der Waals surface area contributed by atoms with Gasteiger partial charge in [0, 0.05) is 13.1 Å². The monoisotopic (exact) mass is 353 g/mol. The van der Waals surface area contributed by atoms with Gasteiger partial charge in [-0.2, -0.15) is 0 Å². The van der Waals surface area contributed by atoms with E-state index in [1.54, 1.807) is 0 Å². The zero-order valence-electron chi connectivity index (χ0n) is 15.3. The lowest BCUT2D eigenvalue weighted by molar-refractivity contribution is -0.136. The van der Waals surface area contributed by atoms with Gasteiger partial charge >= 0.3 is 5.97 Å². The maximum absolute atomic E-state index is 10.4. The van der Waals surface area contributed by atoms with Crippen LogP contribution in [0.3, 0.4) is 0 Å². The molecule has 0 unspecified atom stereocenters. The van der Waals surface area contributed by atoms with E-state index in [1.807, 2.05) is 30.4 Å². The number of hydrogen-bond acceptors (Lipinski definition) is 3. The summed E-state index contributed by atoms with van der Waals surface area (Å²) in [6.45, 7) is 3.89. The Bertz CT molecular complexity index is 711. The molecule has 0 aliphatic rings. The molecule has 0 radical (unpaired) electrons. The maximum Gasteiger partial charge on any atom is 0.304 e. The number of aryl methyl sites for hydroxylation is 2. The first-order valence-electron chi connectivity index (χ1n) is 9.01. The second kappa shape index (κ2) is 11.1. The number of carboxylic acid groups (broad SMARTS) is 1. The lowest BCUT2D eigenvalue weighted by Crippen LogP contribution is -2.17. The zero-order valence-corrected chi connectivity index (χ0v) is 15.3. The number of carboxylic acids is 1. The third-order valence-electron chi connectivity index (χ3n) is 4.00. The summed E-state index contributed by atoms with van der Waals surface area (Å²) in [4.78, 5) is 10.4. The minimum absolute atomic E-state index is 0.142. The summed E-state index contributed by atoms with van der Waals surface area (Å²) in [5, 5.41) is 11.6. The molecule has 0 amide bonds. The van der Waals surface area contributed by atoms with Crippen molar-refractivity contribution in [3.05, 3.63) is 71.3 Å². The third kappa shape index (κ3) is 7.53. The second-order valence-corrected chi connectivity index (χ2v) is 6.21. The van der Waals surface area contributed by atoms with Gasteiger partial charge in [0.25, 0.3) is 0 Å². The van der Waals surface area contributed by atoms with Crippen LogP contribution in [-0.2, 0) is 11.2 Å². The van der Waals surface area contributed by atoms with Crippen molar-refractivity contribution in [3.8, 4) is 5.75 Å². The highest BCUT2D eigenvalue weighted by molar-refractivity contribution is 5.66. The average molecular weight is 353 g/mol. The van der Waals surface area contributed by atoms with Crippen LogP contribution in [0.25, 0.3) is 6.08 Å². The van der Waals surface area contributed by atoms with Crippen LogP contribution < -0.4 is 10.1 Å². The van der Waals surface area contributed by atoms with E-state index >= 15 is 0 Å². The van der Waals surface area contributed by atoms with E-state index < -0.39 is 5.97 Å². The first-order chi connectivity index (χ1) is 12.6. The van der Waals surface area contributed by atoms with Gasteiger partial charge in [0.05, 0.1) is 13.0 Å². The Balaban J connectivity index is 1.71. The van der Waals surface area contributed by atoms with Crippen molar-refractivity contribution in [3.63, 3.8) is 0 Å². The third-order valence-corrected chi connectivity index (χ3v) is 4.00. The molecule has 0 spiro atoms. The fraction of sp³-hybridized carbons (Fsp3) is 0.318. The predicted octanol–water partition coefficient (Wildman–Crippen LogP) is 4.08. The molecule has 0 aromatic heterocycles. The summed E-state index contributed by atoms with van der Waals surface area (Å²) < 4.78 is 5.90. The molecule has 0 aliphatic carbocycles. The van der Waals surface area contributed by atoms with Crippen molar-refractivity contribution >= 4 is 12.0 Å². The Labute approximate surface area is 155 Å². The number of benzene rings is 2. The molecule has 0 atom stereocenters. The fourth-order valence-corrected chi connectivity index (χ4v) is 2.62. The molecule has 0 aliphatic heterocycles. The van der Waals surface area contributed by atoms with Crippen molar-refractivity contribution in [1.29, 1.82) is 0 Å². The molecule has 4 nitrogen and oxygen atoms in total. The number of hydrogen-bond donors (Lipinski definition) is 2. The quantitative estimate of drug-likeness (QED) is 0.598. The summed E-state index contributed by atoms with van der Waals surface area (Å²) in [6.07, 6.45) is 6.18. The number of ether oxygens (including phenoxy) is 1. The molecule has 138 valence electrons. The number of aliphatic carboxylic acids is 1. The van der Waals surface area contributed by atoms with Crippen LogP contribution in [0.4, 0.5) is 0 Å². The SMILES string of the molecule is Cc1cc(/C=C/CNCCC(=O)O)ccc1OCCCc1ccccc1. The van der Waals surface area contributed by atoms with E-state index in [0.29, 0.717) is 19.7 Å². The molecule has 2 aromatic carbocycles. The molecule has 2 N–H and O–H groups in total. The van der Waals surface area contributed by atoms with Crippen LogP contribution in [0.1, 0.15) is 29.5 Å². The van der Waals surface area contributed by atoms with Gasteiger partial charge in [0.2, 0.25) is 0 Å². The number of carbonyl (C=O) groups is 1. The van der Waals surface area contributed by atoms with Crippen LogP contribution in [0.5, 0.6) is 5.75 Å². The van der Waals surface area contributed by atoms with Crippen molar-refractivity contribution in [2.45, 2.75) is 26.2 Å². The molecular weight excluding hydrogens is 326 g/mol. The van der Waals surface area contributed by atoms with Crippen molar-refractivity contribution < 1.29 is 14.6 Å². The van der Waals surface area contributed by atoms with Crippen molar-refractivity contribution in [2.24, 2.45) is 0 Å². The highest BCUT2D eigenvalue weighted by Gasteiger charge is 2.01. The second-order valence-electron chi connectivity index (χ2n) is 6.21. The molecule has 0 saturated carbocycles. The van der Waals surface area contributed by atoms with Gasteiger partial charge < -0.3 is 15.2 Å². The largest absolute Gasteiger partial charge is 0.493 e. The van der Waals surface area contributed by atoms with Crippen molar-refractivity contribution in [1.82, 2.24) is 5.32 Å². The molecule has 4 heteroatoms. The Hall–Kier alpha value is -2.59. The van der Waals surface area contributed by atoms with E-state index in [-0.39, 0.29) is 6.42 Å². The van der Waals surface area contributed by atoms with Crippen LogP contribution in [-0.4, -0.2) is 30.8 Å². The zero-order chi connectivity index (χ0) is 18.6. The van der Waals surface area contributed by atoms with Gasteiger partial charge in [0.15, 0.2) is 0 Å². The lowest BCUT2D eigenvalue weighted by atomic mass is 10.1. The Morgan fingerprint density at radius 2 is 2.00 bits per heavy atom. The summed E-state index contributed by atoms with van der Waals surface area (Å²) in [6, 6.07) is 16.6. The molecule has 2 aromatic rings. The minimum Gasteiger partial charge on any atom is -0.493 e. The summed E-state index contributed by atoms with van der Waals surface area (Å²) in [5.74, 6) is 0.145.